The first-order valence-electron chi connectivity index (χ1n) is 10.0. The summed E-state index contributed by atoms with van der Waals surface area (Å²) in [4.78, 5) is 53.0. The van der Waals surface area contributed by atoms with Gasteiger partial charge in [-0.1, -0.05) is 40.0 Å². The Hall–Kier alpha value is -3.22. The smallest absolute Gasteiger partial charge is 0.352 e. The standard InChI is InChI=1S/C18H18N8O6S4/c1-6(34-17-25-24-16(35-17)21-7(2)27)12-13(14(30)31)26-10(29)3-11(26)36-18(12,23-9(28)4-20-32)8-5-33-15(19)22-8/h4-6,11,32H,3H2,1-2H3,(H2,19,22)(H,23,28)(H,30,31)(H,21,24,27)/t6?,11-,18?/m0/s1. The molecule has 6 N–H and O–H groups in total. The first kappa shape index (κ1) is 25.9. The van der Waals surface area contributed by atoms with E-state index in [1.165, 1.54) is 11.8 Å². The van der Waals surface area contributed by atoms with Gasteiger partial charge in [-0.15, -0.1) is 21.5 Å². The quantitative estimate of drug-likeness (QED) is 0.0753. The number of aliphatic carboxylic acids is 1. The number of aromatic nitrogens is 3. The summed E-state index contributed by atoms with van der Waals surface area (Å²) in [7, 11) is 0. The molecule has 4 rings (SSSR count). The molecular formula is C18H18N8O6S4. The molecule has 2 aliphatic rings. The van der Waals surface area contributed by atoms with E-state index in [0.29, 0.717) is 10.6 Å². The Morgan fingerprint density at radius 2 is 2.17 bits per heavy atom. The second kappa shape index (κ2) is 10.0. The van der Waals surface area contributed by atoms with Crippen LogP contribution in [0.5, 0.6) is 0 Å². The number of oxime groups is 1. The van der Waals surface area contributed by atoms with Crippen LogP contribution in [0.4, 0.5) is 10.3 Å². The number of nitrogens with two attached hydrogens (primary N) is 1. The topological polar surface area (TPSA) is 213 Å². The van der Waals surface area contributed by atoms with Gasteiger partial charge in [-0.3, -0.25) is 19.3 Å². The monoisotopic (exact) mass is 570 g/mol. The Morgan fingerprint density at radius 1 is 1.42 bits per heavy atom. The molecule has 0 aliphatic carbocycles. The molecule has 2 aliphatic heterocycles. The van der Waals surface area contributed by atoms with Crippen LogP contribution in [0.1, 0.15) is 26.0 Å². The summed E-state index contributed by atoms with van der Waals surface area (Å²) >= 11 is 4.42. The molecule has 0 spiro atoms. The Labute approximate surface area is 219 Å². The van der Waals surface area contributed by atoms with Gasteiger partial charge in [0.1, 0.15) is 11.9 Å². The zero-order valence-corrected chi connectivity index (χ0v) is 21.8. The number of rotatable bonds is 8. The molecule has 2 aromatic heterocycles. The SMILES string of the molecule is CC(=O)Nc1nnc(SC(C)C2=C(C(=O)O)N3C(=O)C[C@@H]3SC2(NC(=O)C=NO)c2csc(N)n2)s1. The van der Waals surface area contributed by atoms with E-state index in [9.17, 15) is 24.3 Å². The minimum Gasteiger partial charge on any atom is -0.477 e. The largest absolute Gasteiger partial charge is 0.477 e. The summed E-state index contributed by atoms with van der Waals surface area (Å²) in [6.07, 6.45) is 0.689. The van der Waals surface area contributed by atoms with Gasteiger partial charge in [0.05, 0.1) is 17.5 Å². The highest BCUT2D eigenvalue weighted by atomic mass is 32.2. The second-order valence-electron chi connectivity index (χ2n) is 7.41. The number of nitrogens with zero attached hydrogens (tertiary/aromatic N) is 5. The van der Waals surface area contributed by atoms with Crippen molar-refractivity contribution < 1.29 is 29.5 Å². The maximum Gasteiger partial charge on any atom is 0.352 e. The van der Waals surface area contributed by atoms with Crippen molar-refractivity contribution in [1.82, 2.24) is 25.4 Å². The van der Waals surface area contributed by atoms with Crippen LogP contribution in [0.25, 0.3) is 0 Å². The molecule has 0 saturated carbocycles. The Balaban J connectivity index is 1.87. The third-order valence-electron chi connectivity index (χ3n) is 5.03. The lowest BCUT2D eigenvalue weighted by Crippen LogP contribution is -2.62. The highest BCUT2D eigenvalue weighted by Crippen LogP contribution is 2.56. The molecule has 1 fully saturated rings. The normalized spacial score (nSPS) is 22.2. The van der Waals surface area contributed by atoms with Gasteiger partial charge in [0.15, 0.2) is 14.3 Å². The van der Waals surface area contributed by atoms with Crippen LogP contribution in [-0.2, 0) is 24.0 Å². The number of carbonyl (C=O) groups is 4. The van der Waals surface area contributed by atoms with Crippen molar-refractivity contribution in [1.29, 1.82) is 0 Å². The number of thioether (sulfide) groups is 2. The molecule has 14 nitrogen and oxygen atoms in total. The van der Waals surface area contributed by atoms with Gasteiger partial charge in [0, 0.05) is 23.1 Å². The number of carboxylic acids is 1. The predicted octanol–water partition coefficient (Wildman–Crippen LogP) is 1.09. The Kier molecular flexibility index (Phi) is 7.21. The number of β-lactam (4-membered cyclic amide) rings is 1. The molecule has 3 amide bonds. The third-order valence-corrected chi connectivity index (χ3v) is 9.28. The summed E-state index contributed by atoms with van der Waals surface area (Å²) in [6, 6.07) is 0. The summed E-state index contributed by atoms with van der Waals surface area (Å²) in [5.74, 6) is -2.90. The van der Waals surface area contributed by atoms with Crippen molar-refractivity contribution in [2.24, 2.45) is 5.16 Å². The van der Waals surface area contributed by atoms with Gasteiger partial charge in [-0.05, 0) is 6.92 Å². The molecule has 4 heterocycles. The van der Waals surface area contributed by atoms with Crippen LogP contribution in [-0.4, -0.2) is 70.9 Å². The maximum absolute atomic E-state index is 12.7. The number of nitrogens with one attached hydrogen (secondary N) is 2. The zero-order valence-electron chi connectivity index (χ0n) is 18.5. The number of anilines is 2. The Morgan fingerprint density at radius 3 is 2.75 bits per heavy atom. The number of hydrogen-bond acceptors (Lipinski definition) is 14. The van der Waals surface area contributed by atoms with E-state index in [1.54, 1.807) is 12.3 Å². The van der Waals surface area contributed by atoms with Crippen LogP contribution in [0.2, 0.25) is 0 Å². The summed E-state index contributed by atoms with van der Waals surface area (Å²) < 4.78 is 0.403. The molecule has 1 saturated heterocycles. The number of nitrogen functional groups attached to an aromatic ring is 1. The maximum atomic E-state index is 12.7. The van der Waals surface area contributed by atoms with Crippen molar-refractivity contribution in [3.63, 3.8) is 0 Å². The average Bonchev–Trinajstić information content (AvgIpc) is 3.41. The molecule has 190 valence electrons. The Bertz CT molecular complexity index is 1310. The fourth-order valence-electron chi connectivity index (χ4n) is 3.75. The molecule has 2 unspecified atom stereocenters. The molecule has 2 aromatic rings. The first-order chi connectivity index (χ1) is 17.1. The molecule has 3 atom stereocenters. The van der Waals surface area contributed by atoms with Crippen LogP contribution >= 0.6 is 46.2 Å². The molecule has 0 radical (unpaired) electrons. The van der Waals surface area contributed by atoms with Gasteiger partial charge in [-0.25, -0.2) is 9.78 Å². The van der Waals surface area contributed by atoms with E-state index in [0.717, 1.165) is 46.2 Å². The van der Waals surface area contributed by atoms with E-state index in [4.69, 9.17) is 10.9 Å². The molecule has 36 heavy (non-hydrogen) atoms. The predicted molar refractivity (Wildman–Crippen MR) is 134 cm³/mol. The van der Waals surface area contributed by atoms with Crippen molar-refractivity contribution >= 4 is 86.4 Å². The highest BCUT2D eigenvalue weighted by molar-refractivity contribution is 8.02. The van der Waals surface area contributed by atoms with Crippen LogP contribution in [0.15, 0.2) is 26.1 Å². The van der Waals surface area contributed by atoms with Gasteiger partial charge in [0.25, 0.3) is 5.91 Å². The molecule has 0 bridgehead atoms. The highest BCUT2D eigenvalue weighted by Gasteiger charge is 2.58. The minimum atomic E-state index is -1.57. The van der Waals surface area contributed by atoms with Crippen molar-refractivity contribution in [2.75, 3.05) is 11.1 Å². The number of thiazole rings is 1. The lowest BCUT2D eigenvalue weighted by molar-refractivity contribution is -0.146. The van der Waals surface area contributed by atoms with Crippen LogP contribution in [0.3, 0.4) is 0 Å². The van der Waals surface area contributed by atoms with Crippen molar-refractivity contribution in [3.8, 4) is 0 Å². The number of fused-ring (bicyclic) bond motifs is 1. The molecule has 18 heteroatoms. The molecule has 0 aromatic carbocycles. The van der Waals surface area contributed by atoms with E-state index >= 15 is 0 Å². The summed E-state index contributed by atoms with van der Waals surface area (Å²) in [5, 5.41) is 35.8. The zero-order chi connectivity index (χ0) is 26.2. The fourth-order valence-corrected chi connectivity index (χ4v) is 8.44. The van der Waals surface area contributed by atoms with E-state index < -0.39 is 27.4 Å². The lowest BCUT2D eigenvalue weighted by Gasteiger charge is -2.52. The first-order valence-corrected chi connectivity index (χ1v) is 13.5. The van der Waals surface area contributed by atoms with Gasteiger partial charge in [0.2, 0.25) is 16.9 Å². The number of carboxylic acid groups (broad SMARTS) is 1. The number of hydrogen-bond donors (Lipinski definition) is 5. The van der Waals surface area contributed by atoms with Crippen LogP contribution in [0, 0.1) is 0 Å². The average molecular weight is 571 g/mol. The molecular weight excluding hydrogens is 553 g/mol. The van der Waals surface area contributed by atoms with Crippen molar-refractivity contribution in [3.05, 3.63) is 22.3 Å². The number of carbonyl (C=O) groups excluding carboxylic acids is 3. The summed E-state index contributed by atoms with van der Waals surface area (Å²) in [6.45, 7) is 3.01. The van der Waals surface area contributed by atoms with Crippen molar-refractivity contribution in [2.45, 2.75) is 40.1 Å². The lowest BCUT2D eigenvalue weighted by atomic mass is 9.94. The summed E-state index contributed by atoms with van der Waals surface area (Å²) in [5.41, 5.74) is 5.99. The van der Waals surface area contributed by atoms with Gasteiger partial charge in [-0.2, -0.15) is 0 Å². The second-order valence-corrected chi connectivity index (χ2v) is 12.3. The third kappa shape index (κ3) is 4.75. The van der Waals surface area contributed by atoms with E-state index in [1.807, 2.05) is 0 Å². The van der Waals surface area contributed by atoms with Crippen LogP contribution < -0.4 is 16.4 Å². The van der Waals surface area contributed by atoms with E-state index in [2.05, 4.69) is 31.0 Å². The minimum absolute atomic E-state index is 0.0536. The fraction of sp³-hybridized carbons (Fsp3) is 0.333. The van der Waals surface area contributed by atoms with Gasteiger partial charge < -0.3 is 26.7 Å². The van der Waals surface area contributed by atoms with E-state index in [-0.39, 0.29) is 45.5 Å². The van der Waals surface area contributed by atoms with Gasteiger partial charge >= 0.3 is 5.97 Å². The number of amides is 3.